The Morgan fingerprint density at radius 1 is 1.62 bits per heavy atom. The summed E-state index contributed by atoms with van der Waals surface area (Å²) in [6.07, 6.45) is 0.0284. The van der Waals surface area contributed by atoms with Crippen LogP contribution in [0.25, 0.3) is 0 Å². The highest BCUT2D eigenvalue weighted by Gasteiger charge is 2.13. The summed E-state index contributed by atoms with van der Waals surface area (Å²) in [7, 11) is 1.62. The summed E-state index contributed by atoms with van der Waals surface area (Å²) in [6.45, 7) is 2.47. The molecular formula is C11H14BrNO3. The highest BCUT2D eigenvalue weighted by Crippen LogP contribution is 2.24. The molecule has 2 N–H and O–H groups in total. The van der Waals surface area contributed by atoms with Crippen molar-refractivity contribution >= 4 is 27.6 Å². The predicted molar refractivity (Wildman–Crippen MR) is 66.1 cm³/mol. The van der Waals surface area contributed by atoms with Crippen molar-refractivity contribution < 1.29 is 14.6 Å². The molecule has 0 bridgehead atoms. The second-order valence-electron chi connectivity index (χ2n) is 3.39. The number of benzene rings is 1. The van der Waals surface area contributed by atoms with Gasteiger partial charge in [0, 0.05) is 23.8 Å². The number of carboxylic acid groups (broad SMARTS) is 1. The fraction of sp³-hybridized carbons (Fsp3) is 0.364. The summed E-state index contributed by atoms with van der Waals surface area (Å²) in [5.41, 5.74) is 0.830. The van der Waals surface area contributed by atoms with Gasteiger partial charge >= 0.3 is 5.97 Å². The Morgan fingerprint density at radius 2 is 2.31 bits per heavy atom. The third-order valence-corrected chi connectivity index (χ3v) is 2.87. The van der Waals surface area contributed by atoms with Crippen molar-refractivity contribution in [2.75, 3.05) is 19.0 Å². The summed E-state index contributed by atoms with van der Waals surface area (Å²) in [4.78, 5) is 11.1. The molecule has 0 aromatic heterocycles. The molecule has 1 atom stereocenters. The zero-order chi connectivity index (χ0) is 12.1. The zero-order valence-corrected chi connectivity index (χ0v) is 10.7. The van der Waals surface area contributed by atoms with E-state index in [1.807, 2.05) is 6.92 Å². The lowest BCUT2D eigenvalue weighted by atomic mass is 10.2. The molecule has 0 heterocycles. The second-order valence-corrected chi connectivity index (χ2v) is 4.25. The van der Waals surface area contributed by atoms with Gasteiger partial charge in [-0.05, 0) is 35.0 Å². The van der Waals surface area contributed by atoms with Crippen molar-refractivity contribution in [3.63, 3.8) is 0 Å². The van der Waals surface area contributed by atoms with Crippen LogP contribution in [0, 0.1) is 0 Å². The van der Waals surface area contributed by atoms with Gasteiger partial charge in [-0.1, -0.05) is 6.07 Å². The molecule has 5 heteroatoms. The number of aromatic carboxylic acids is 1. The van der Waals surface area contributed by atoms with E-state index in [2.05, 4.69) is 21.2 Å². The van der Waals surface area contributed by atoms with Crippen LogP contribution in [0.3, 0.4) is 0 Å². The van der Waals surface area contributed by atoms with Crippen molar-refractivity contribution in [1.29, 1.82) is 0 Å². The monoisotopic (exact) mass is 287 g/mol. The Balaban J connectivity index is 2.87. The summed E-state index contributed by atoms with van der Waals surface area (Å²) in [6, 6.07) is 5.22. The van der Waals surface area contributed by atoms with E-state index in [9.17, 15) is 4.79 Å². The highest BCUT2D eigenvalue weighted by molar-refractivity contribution is 9.10. The van der Waals surface area contributed by atoms with E-state index in [1.54, 1.807) is 25.3 Å². The quantitative estimate of drug-likeness (QED) is 0.874. The van der Waals surface area contributed by atoms with Crippen LogP contribution in [0.2, 0.25) is 0 Å². The topological polar surface area (TPSA) is 58.6 Å². The fourth-order valence-corrected chi connectivity index (χ4v) is 1.76. The van der Waals surface area contributed by atoms with Crippen LogP contribution in [-0.4, -0.2) is 30.8 Å². The number of hydrogen-bond acceptors (Lipinski definition) is 3. The van der Waals surface area contributed by atoms with Crippen molar-refractivity contribution in [2.24, 2.45) is 0 Å². The minimum Gasteiger partial charge on any atom is -0.478 e. The Morgan fingerprint density at radius 3 is 2.88 bits per heavy atom. The van der Waals surface area contributed by atoms with E-state index in [1.165, 1.54) is 0 Å². The molecule has 1 aromatic rings. The molecular weight excluding hydrogens is 274 g/mol. The van der Waals surface area contributed by atoms with E-state index >= 15 is 0 Å². The SMILES string of the molecule is COC(C)CNc1cccc(Br)c1C(=O)O. The van der Waals surface area contributed by atoms with Gasteiger partial charge in [-0.25, -0.2) is 4.79 Å². The first-order valence-corrected chi connectivity index (χ1v) is 5.64. The van der Waals surface area contributed by atoms with Crippen LogP contribution in [-0.2, 0) is 4.74 Å². The molecule has 88 valence electrons. The smallest absolute Gasteiger partial charge is 0.338 e. The van der Waals surface area contributed by atoms with Crippen LogP contribution in [0.1, 0.15) is 17.3 Å². The molecule has 1 aromatic carbocycles. The molecule has 0 aliphatic carbocycles. The lowest BCUT2D eigenvalue weighted by molar-refractivity contribution is 0.0696. The van der Waals surface area contributed by atoms with E-state index in [-0.39, 0.29) is 11.7 Å². The first-order valence-electron chi connectivity index (χ1n) is 4.84. The number of hydrogen-bond donors (Lipinski definition) is 2. The number of halogens is 1. The maximum Gasteiger partial charge on any atom is 0.338 e. The van der Waals surface area contributed by atoms with E-state index in [0.29, 0.717) is 16.7 Å². The van der Waals surface area contributed by atoms with E-state index in [0.717, 1.165) is 0 Å². The molecule has 4 nitrogen and oxygen atoms in total. The van der Waals surface area contributed by atoms with Crippen LogP contribution >= 0.6 is 15.9 Å². The lowest BCUT2D eigenvalue weighted by Crippen LogP contribution is -2.19. The molecule has 16 heavy (non-hydrogen) atoms. The van der Waals surface area contributed by atoms with Crippen molar-refractivity contribution in [1.82, 2.24) is 0 Å². The van der Waals surface area contributed by atoms with Gasteiger partial charge in [0.15, 0.2) is 0 Å². The Kier molecular flexibility index (Phi) is 4.76. The molecule has 0 saturated heterocycles. The minimum absolute atomic E-state index is 0.0284. The largest absolute Gasteiger partial charge is 0.478 e. The first kappa shape index (κ1) is 13.0. The van der Waals surface area contributed by atoms with Crippen molar-refractivity contribution in [3.8, 4) is 0 Å². The van der Waals surface area contributed by atoms with Gasteiger partial charge in [-0.3, -0.25) is 0 Å². The number of nitrogens with one attached hydrogen (secondary N) is 1. The van der Waals surface area contributed by atoms with Gasteiger partial charge in [0.25, 0.3) is 0 Å². The number of rotatable bonds is 5. The standard InChI is InChI=1S/C11H14BrNO3/c1-7(16-2)6-13-9-5-3-4-8(12)10(9)11(14)15/h3-5,7,13H,6H2,1-2H3,(H,14,15). The van der Waals surface area contributed by atoms with E-state index in [4.69, 9.17) is 9.84 Å². The van der Waals surface area contributed by atoms with Gasteiger partial charge in [-0.2, -0.15) is 0 Å². The minimum atomic E-state index is -0.958. The first-order chi connectivity index (χ1) is 7.56. The summed E-state index contributed by atoms with van der Waals surface area (Å²) in [5.74, 6) is -0.958. The molecule has 0 saturated carbocycles. The van der Waals surface area contributed by atoms with Crippen molar-refractivity contribution in [3.05, 3.63) is 28.2 Å². The van der Waals surface area contributed by atoms with Crippen molar-refractivity contribution in [2.45, 2.75) is 13.0 Å². The normalized spacial score (nSPS) is 12.2. The number of methoxy groups -OCH3 is 1. The number of carboxylic acids is 1. The molecule has 0 radical (unpaired) electrons. The average Bonchev–Trinajstić information content (AvgIpc) is 2.25. The van der Waals surface area contributed by atoms with Gasteiger partial charge in [-0.15, -0.1) is 0 Å². The maximum atomic E-state index is 11.1. The molecule has 1 unspecified atom stereocenters. The van der Waals surface area contributed by atoms with Gasteiger partial charge in [0.2, 0.25) is 0 Å². The third kappa shape index (κ3) is 3.21. The summed E-state index contributed by atoms with van der Waals surface area (Å²) < 4.78 is 5.65. The van der Waals surface area contributed by atoms with Gasteiger partial charge in [0.05, 0.1) is 11.7 Å². The number of ether oxygens (including phenoxy) is 1. The second kappa shape index (κ2) is 5.86. The predicted octanol–water partition coefficient (Wildman–Crippen LogP) is 2.59. The Hall–Kier alpha value is -1.07. The Labute approximate surface area is 103 Å². The molecule has 0 spiro atoms. The maximum absolute atomic E-state index is 11.1. The lowest BCUT2D eigenvalue weighted by Gasteiger charge is -2.14. The number of carbonyl (C=O) groups is 1. The van der Waals surface area contributed by atoms with Crippen LogP contribution in [0.15, 0.2) is 22.7 Å². The highest BCUT2D eigenvalue weighted by atomic mass is 79.9. The van der Waals surface area contributed by atoms with Crippen LogP contribution in [0.5, 0.6) is 0 Å². The molecule has 1 rings (SSSR count). The number of anilines is 1. The van der Waals surface area contributed by atoms with Crippen LogP contribution in [0.4, 0.5) is 5.69 Å². The molecule has 0 aliphatic heterocycles. The Bertz CT molecular complexity index is 381. The summed E-state index contributed by atoms with van der Waals surface area (Å²) in [5, 5.41) is 12.1. The molecule has 0 aliphatic rings. The summed E-state index contributed by atoms with van der Waals surface area (Å²) >= 11 is 3.22. The van der Waals surface area contributed by atoms with E-state index < -0.39 is 5.97 Å². The van der Waals surface area contributed by atoms with Gasteiger partial charge in [0.1, 0.15) is 0 Å². The molecule has 0 fully saturated rings. The van der Waals surface area contributed by atoms with Gasteiger partial charge < -0.3 is 15.2 Å². The fourth-order valence-electron chi connectivity index (χ4n) is 1.23. The average molecular weight is 288 g/mol. The molecule has 0 amide bonds. The third-order valence-electron chi connectivity index (χ3n) is 2.21. The zero-order valence-electron chi connectivity index (χ0n) is 9.16. The van der Waals surface area contributed by atoms with Crippen LogP contribution < -0.4 is 5.32 Å².